The first-order valence-corrected chi connectivity index (χ1v) is 11.4. The SMILES string of the molecule is NC(=NCc1ccc(F)c(F)c1)N1CCC(OC(=O)[C@](O)(c2ccccc2)C2CCCC2)C1. The summed E-state index contributed by atoms with van der Waals surface area (Å²) in [5, 5.41) is 11.5. The highest BCUT2D eigenvalue weighted by Gasteiger charge is 2.48. The molecule has 33 heavy (non-hydrogen) atoms. The summed E-state index contributed by atoms with van der Waals surface area (Å²) < 4.78 is 32.2. The van der Waals surface area contributed by atoms with Crippen LogP contribution in [-0.4, -0.2) is 41.1 Å². The van der Waals surface area contributed by atoms with E-state index in [2.05, 4.69) is 4.99 Å². The summed E-state index contributed by atoms with van der Waals surface area (Å²) in [5.41, 5.74) is 5.48. The number of esters is 1. The van der Waals surface area contributed by atoms with Gasteiger partial charge in [-0.2, -0.15) is 0 Å². The number of hydrogen-bond donors (Lipinski definition) is 2. The Balaban J connectivity index is 1.40. The van der Waals surface area contributed by atoms with Crippen molar-refractivity contribution in [1.82, 2.24) is 4.90 Å². The Morgan fingerprint density at radius 2 is 1.85 bits per heavy atom. The summed E-state index contributed by atoms with van der Waals surface area (Å²) in [5.74, 6) is -2.39. The molecule has 1 saturated heterocycles. The van der Waals surface area contributed by atoms with Gasteiger partial charge in [0.15, 0.2) is 23.2 Å². The molecule has 2 fully saturated rings. The Bertz CT molecular complexity index is 1010. The number of aliphatic imine (C=N–C) groups is 1. The van der Waals surface area contributed by atoms with E-state index in [9.17, 15) is 18.7 Å². The van der Waals surface area contributed by atoms with Crippen molar-refractivity contribution >= 4 is 11.9 Å². The van der Waals surface area contributed by atoms with Gasteiger partial charge in [-0.15, -0.1) is 0 Å². The molecule has 2 aromatic carbocycles. The summed E-state index contributed by atoms with van der Waals surface area (Å²) in [6.45, 7) is 1.01. The van der Waals surface area contributed by atoms with E-state index in [1.807, 2.05) is 18.2 Å². The van der Waals surface area contributed by atoms with Crippen LogP contribution in [0.25, 0.3) is 0 Å². The minimum Gasteiger partial charge on any atom is -0.458 e. The van der Waals surface area contributed by atoms with Gasteiger partial charge < -0.3 is 20.5 Å². The maximum absolute atomic E-state index is 13.4. The fourth-order valence-electron chi connectivity index (χ4n) is 4.74. The summed E-state index contributed by atoms with van der Waals surface area (Å²) in [7, 11) is 0. The van der Waals surface area contributed by atoms with Crippen LogP contribution in [0, 0.1) is 17.6 Å². The van der Waals surface area contributed by atoms with Gasteiger partial charge in [-0.25, -0.2) is 18.6 Å². The number of halogens is 2. The maximum atomic E-state index is 13.4. The number of hydrogen-bond acceptors (Lipinski definition) is 4. The lowest BCUT2D eigenvalue weighted by Gasteiger charge is -2.33. The number of ether oxygens (including phenoxy) is 1. The number of benzene rings is 2. The number of carbonyl (C=O) groups is 1. The number of aliphatic hydroxyl groups is 1. The van der Waals surface area contributed by atoms with Gasteiger partial charge in [-0.05, 0) is 36.1 Å². The van der Waals surface area contributed by atoms with Gasteiger partial charge in [-0.1, -0.05) is 49.2 Å². The second-order valence-corrected chi connectivity index (χ2v) is 8.80. The van der Waals surface area contributed by atoms with E-state index in [4.69, 9.17) is 10.5 Å². The average Bonchev–Trinajstić information content (AvgIpc) is 3.52. The van der Waals surface area contributed by atoms with Crippen LogP contribution >= 0.6 is 0 Å². The first-order chi connectivity index (χ1) is 15.9. The quantitative estimate of drug-likeness (QED) is 0.394. The minimum atomic E-state index is -1.67. The van der Waals surface area contributed by atoms with Crippen molar-refractivity contribution in [2.75, 3.05) is 13.1 Å². The lowest BCUT2D eigenvalue weighted by Crippen LogP contribution is -2.45. The van der Waals surface area contributed by atoms with Crippen LogP contribution in [0.15, 0.2) is 53.5 Å². The number of rotatable bonds is 6. The number of nitrogens with zero attached hydrogens (tertiary/aromatic N) is 2. The van der Waals surface area contributed by atoms with Crippen molar-refractivity contribution < 1.29 is 23.4 Å². The molecule has 1 aliphatic heterocycles. The lowest BCUT2D eigenvalue weighted by atomic mass is 9.80. The molecule has 1 unspecified atom stereocenters. The largest absolute Gasteiger partial charge is 0.458 e. The van der Waals surface area contributed by atoms with E-state index in [0.717, 1.165) is 37.8 Å². The van der Waals surface area contributed by atoms with Gasteiger partial charge in [0.05, 0.1) is 13.1 Å². The number of guanidine groups is 1. The molecule has 8 heteroatoms. The highest BCUT2D eigenvalue weighted by molar-refractivity contribution is 5.82. The van der Waals surface area contributed by atoms with Crippen molar-refractivity contribution in [3.05, 3.63) is 71.3 Å². The molecule has 0 bridgehead atoms. The Morgan fingerprint density at radius 1 is 1.12 bits per heavy atom. The Labute approximate surface area is 192 Å². The molecule has 1 heterocycles. The summed E-state index contributed by atoms with van der Waals surface area (Å²) in [4.78, 5) is 19.3. The van der Waals surface area contributed by atoms with Gasteiger partial charge in [0.25, 0.3) is 0 Å². The molecule has 0 spiro atoms. The van der Waals surface area contributed by atoms with E-state index in [-0.39, 0.29) is 18.4 Å². The lowest BCUT2D eigenvalue weighted by molar-refractivity contribution is -0.178. The Kier molecular flexibility index (Phi) is 6.93. The molecule has 6 nitrogen and oxygen atoms in total. The molecule has 1 saturated carbocycles. The molecule has 0 radical (unpaired) electrons. The molecule has 2 atom stereocenters. The van der Waals surface area contributed by atoms with Crippen molar-refractivity contribution in [2.24, 2.45) is 16.6 Å². The average molecular weight is 458 g/mol. The normalized spacial score (nSPS) is 21.2. The summed E-state index contributed by atoms with van der Waals surface area (Å²) in [6.07, 6.45) is 3.65. The molecule has 0 aromatic heterocycles. The molecule has 0 amide bonds. The topological polar surface area (TPSA) is 88.1 Å². The van der Waals surface area contributed by atoms with Gasteiger partial charge in [0.2, 0.25) is 0 Å². The van der Waals surface area contributed by atoms with E-state index >= 15 is 0 Å². The zero-order chi connectivity index (χ0) is 23.4. The zero-order valence-corrected chi connectivity index (χ0v) is 18.4. The van der Waals surface area contributed by atoms with E-state index < -0.39 is 29.3 Å². The van der Waals surface area contributed by atoms with Crippen LogP contribution < -0.4 is 5.73 Å². The van der Waals surface area contributed by atoms with Crippen LogP contribution in [-0.2, 0) is 21.7 Å². The third-order valence-corrected chi connectivity index (χ3v) is 6.62. The van der Waals surface area contributed by atoms with Crippen molar-refractivity contribution in [3.8, 4) is 0 Å². The predicted molar refractivity (Wildman–Crippen MR) is 120 cm³/mol. The van der Waals surface area contributed by atoms with Crippen molar-refractivity contribution in [2.45, 2.75) is 50.4 Å². The fourth-order valence-corrected chi connectivity index (χ4v) is 4.74. The monoisotopic (exact) mass is 457 g/mol. The molecular formula is C25H29F2N3O3. The molecule has 1 aliphatic carbocycles. The second-order valence-electron chi connectivity index (χ2n) is 8.80. The first-order valence-electron chi connectivity index (χ1n) is 11.4. The van der Waals surface area contributed by atoms with Crippen LogP contribution in [0.4, 0.5) is 8.78 Å². The van der Waals surface area contributed by atoms with E-state index in [1.165, 1.54) is 6.07 Å². The highest BCUT2D eigenvalue weighted by Crippen LogP contribution is 2.41. The van der Waals surface area contributed by atoms with Crippen LogP contribution in [0.2, 0.25) is 0 Å². The Morgan fingerprint density at radius 3 is 2.55 bits per heavy atom. The summed E-state index contributed by atoms with van der Waals surface area (Å²) in [6, 6.07) is 12.6. The fraction of sp³-hybridized carbons (Fsp3) is 0.440. The Hall–Kier alpha value is -3.00. The van der Waals surface area contributed by atoms with E-state index in [0.29, 0.717) is 30.6 Å². The van der Waals surface area contributed by atoms with Crippen molar-refractivity contribution in [1.29, 1.82) is 0 Å². The maximum Gasteiger partial charge on any atom is 0.343 e. The van der Waals surface area contributed by atoms with E-state index in [1.54, 1.807) is 17.0 Å². The molecule has 176 valence electrons. The standard InChI is InChI=1S/C25H29F2N3O3/c26-21-11-10-17(14-22(21)27)15-29-24(28)30-13-12-20(16-30)33-23(31)25(32,19-8-4-5-9-19)18-6-2-1-3-7-18/h1-3,6-7,10-11,14,19-20,32H,4-5,8-9,12-13,15-16H2,(H2,28,29)/t20?,25-/m0/s1. The third-order valence-electron chi connectivity index (χ3n) is 6.62. The first kappa shape index (κ1) is 23.2. The third kappa shape index (κ3) is 5.00. The molecular weight excluding hydrogens is 428 g/mol. The number of nitrogens with two attached hydrogens (primary N) is 1. The number of likely N-dealkylation sites (tertiary alicyclic amines) is 1. The van der Waals surface area contributed by atoms with Gasteiger partial charge in [-0.3, -0.25) is 0 Å². The van der Waals surface area contributed by atoms with Gasteiger partial charge in [0.1, 0.15) is 6.10 Å². The second kappa shape index (κ2) is 9.87. The smallest absolute Gasteiger partial charge is 0.343 e. The predicted octanol–water partition coefficient (Wildman–Crippen LogP) is 3.48. The summed E-state index contributed by atoms with van der Waals surface area (Å²) >= 11 is 0. The minimum absolute atomic E-state index is 0.111. The number of carbonyl (C=O) groups excluding carboxylic acids is 1. The highest BCUT2D eigenvalue weighted by atomic mass is 19.2. The molecule has 2 aliphatic rings. The molecule has 4 rings (SSSR count). The van der Waals surface area contributed by atoms with Crippen LogP contribution in [0.3, 0.4) is 0 Å². The van der Waals surface area contributed by atoms with Gasteiger partial charge >= 0.3 is 5.97 Å². The van der Waals surface area contributed by atoms with Gasteiger partial charge in [0, 0.05) is 18.9 Å². The molecule has 3 N–H and O–H groups in total. The zero-order valence-electron chi connectivity index (χ0n) is 18.4. The molecule has 2 aromatic rings. The van der Waals surface area contributed by atoms with Crippen molar-refractivity contribution in [3.63, 3.8) is 0 Å². The van der Waals surface area contributed by atoms with Crippen LogP contribution in [0.1, 0.15) is 43.2 Å². The van der Waals surface area contributed by atoms with Crippen LogP contribution in [0.5, 0.6) is 0 Å².